The van der Waals surface area contributed by atoms with Gasteiger partial charge in [0.15, 0.2) is 5.82 Å². The second kappa shape index (κ2) is 12.5. The van der Waals surface area contributed by atoms with Gasteiger partial charge in [0.25, 0.3) is 0 Å². The summed E-state index contributed by atoms with van der Waals surface area (Å²) in [6, 6.07) is 8.69. The number of halogens is 8. The molecule has 0 amide bonds. The lowest BCUT2D eigenvalue weighted by Gasteiger charge is -2.35. The van der Waals surface area contributed by atoms with Gasteiger partial charge in [-0.05, 0) is 29.8 Å². The molecule has 0 spiro atoms. The van der Waals surface area contributed by atoms with Crippen molar-refractivity contribution in [2.24, 2.45) is 5.10 Å². The van der Waals surface area contributed by atoms with Crippen LogP contribution in [0, 0.1) is 0 Å². The molecule has 1 fully saturated rings. The highest BCUT2D eigenvalue weighted by Crippen LogP contribution is 2.34. The lowest BCUT2D eigenvalue weighted by Crippen LogP contribution is -2.47. The number of alkyl halides is 6. The van der Waals surface area contributed by atoms with Crippen molar-refractivity contribution in [2.75, 3.05) is 49.7 Å². The third-order valence-electron chi connectivity index (χ3n) is 5.91. The first-order valence-corrected chi connectivity index (χ1v) is 12.6. The van der Waals surface area contributed by atoms with Crippen LogP contribution in [0.3, 0.4) is 0 Å². The third-order valence-corrected chi connectivity index (χ3v) is 6.47. The topological polar surface area (TPSA) is 65.9 Å². The van der Waals surface area contributed by atoms with Gasteiger partial charge >= 0.3 is 12.4 Å². The number of nitrogens with zero attached hydrogens (tertiary/aromatic N) is 5. The van der Waals surface area contributed by atoms with E-state index in [1.165, 1.54) is 6.21 Å². The van der Waals surface area contributed by atoms with Gasteiger partial charge in [-0.25, -0.2) is 9.97 Å². The smallest absolute Gasteiger partial charge is 0.417 e. The van der Waals surface area contributed by atoms with Crippen LogP contribution in [0.4, 0.5) is 38.0 Å². The zero-order valence-corrected chi connectivity index (χ0v) is 22.1. The number of anilines is 2. The second-order valence-electron chi connectivity index (χ2n) is 8.70. The lowest BCUT2D eigenvalue weighted by molar-refractivity contribution is -0.138. The first-order valence-electron chi connectivity index (χ1n) is 11.8. The van der Waals surface area contributed by atoms with Crippen molar-refractivity contribution in [2.45, 2.75) is 12.4 Å². The quantitative estimate of drug-likeness (QED) is 0.180. The molecule has 0 radical (unpaired) electrons. The molecule has 0 bridgehead atoms. The van der Waals surface area contributed by atoms with Crippen LogP contribution in [0.1, 0.15) is 16.7 Å². The zero-order valence-electron chi connectivity index (χ0n) is 20.6. The average molecular weight is 607 g/mol. The van der Waals surface area contributed by atoms with Crippen LogP contribution in [-0.2, 0) is 12.4 Å². The van der Waals surface area contributed by atoms with E-state index in [1.54, 1.807) is 24.3 Å². The number of hydrogen-bond donors (Lipinski definition) is 1. The molecule has 1 aliphatic heterocycles. The molecule has 2 aromatic heterocycles. The SMILES string of the molecule is FC(F)(F)c1cnc(N/N=C/c2cccc(OCCN3CCN(c4ncc(C(F)(F)F)cc4Cl)CC3)c2)c(Cl)c1. The van der Waals surface area contributed by atoms with Gasteiger partial charge in [-0.1, -0.05) is 35.3 Å². The number of aromatic nitrogens is 2. The summed E-state index contributed by atoms with van der Waals surface area (Å²) >= 11 is 11.9. The molecule has 1 aliphatic rings. The number of rotatable bonds is 8. The van der Waals surface area contributed by atoms with Crippen molar-refractivity contribution in [1.82, 2.24) is 14.9 Å². The Balaban J connectivity index is 1.23. The van der Waals surface area contributed by atoms with Crippen molar-refractivity contribution in [3.05, 3.63) is 75.5 Å². The summed E-state index contributed by atoms with van der Waals surface area (Å²) in [5.41, 5.74) is 1.34. The molecule has 1 N–H and O–H groups in total. The van der Waals surface area contributed by atoms with Crippen LogP contribution >= 0.6 is 23.2 Å². The van der Waals surface area contributed by atoms with Crippen molar-refractivity contribution in [1.29, 1.82) is 0 Å². The maximum Gasteiger partial charge on any atom is 0.417 e. The summed E-state index contributed by atoms with van der Waals surface area (Å²) in [6.07, 6.45) is -6.15. The Bertz CT molecular complexity index is 1350. The molecular formula is C25H22Cl2F6N6O. The van der Waals surface area contributed by atoms with Gasteiger partial charge < -0.3 is 9.64 Å². The third kappa shape index (κ3) is 7.89. The minimum absolute atomic E-state index is 0.0187. The highest BCUT2D eigenvalue weighted by atomic mass is 35.5. The van der Waals surface area contributed by atoms with E-state index in [9.17, 15) is 26.3 Å². The molecule has 1 aromatic carbocycles. The number of piperazine rings is 1. The maximum absolute atomic E-state index is 12.9. The van der Waals surface area contributed by atoms with Gasteiger partial charge in [0.1, 0.15) is 18.2 Å². The van der Waals surface area contributed by atoms with Gasteiger partial charge in [0.05, 0.1) is 27.4 Å². The fourth-order valence-corrected chi connectivity index (χ4v) is 4.32. The first kappa shape index (κ1) is 29.7. The molecule has 4 rings (SSSR count). The molecular weight excluding hydrogens is 585 g/mol. The summed E-state index contributed by atoms with van der Waals surface area (Å²) in [4.78, 5) is 11.6. The minimum atomic E-state index is -4.55. The van der Waals surface area contributed by atoms with Crippen LogP contribution < -0.4 is 15.1 Å². The second-order valence-corrected chi connectivity index (χ2v) is 9.51. The van der Waals surface area contributed by atoms with Crippen molar-refractivity contribution in [3.8, 4) is 5.75 Å². The fourth-order valence-electron chi connectivity index (χ4n) is 3.82. The highest BCUT2D eigenvalue weighted by Gasteiger charge is 2.33. The number of benzene rings is 1. The van der Waals surface area contributed by atoms with Crippen LogP contribution in [0.2, 0.25) is 10.0 Å². The fraction of sp³-hybridized carbons (Fsp3) is 0.320. The largest absolute Gasteiger partial charge is 0.492 e. The van der Waals surface area contributed by atoms with Crippen molar-refractivity contribution in [3.63, 3.8) is 0 Å². The van der Waals surface area contributed by atoms with Crippen LogP contribution in [-0.4, -0.2) is 60.4 Å². The normalized spacial score (nSPS) is 15.1. The summed E-state index contributed by atoms with van der Waals surface area (Å²) in [7, 11) is 0. The van der Waals surface area contributed by atoms with E-state index in [0.29, 0.717) is 62.7 Å². The van der Waals surface area contributed by atoms with Gasteiger partial charge in [0.2, 0.25) is 0 Å². The average Bonchev–Trinajstić information content (AvgIpc) is 2.89. The van der Waals surface area contributed by atoms with E-state index in [-0.39, 0.29) is 15.9 Å². The van der Waals surface area contributed by atoms with Gasteiger partial charge in [-0.3, -0.25) is 10.3 Å². The molecule has 15 heteroatoms. The van der Waals surface area contributed by atoms with Gasteiger partial charge in [-0.15, -0.1) is 0 Å². The van der Waals surface area contributed by atoms with E-state index < -0.39 is 23.5 Å². The summed E-state index contributed by atoms with van der Waals surface area (Å²) in [6.45, 7) is 3.43. The number of hydrazone groups is 1. The predicted octanol–water partition coefficient (Wildman–Crippen LogP) is 6.47. The van der Waals surface area contributed by atoms with Crippen molar-refractivity contribution >= 4 is 41.1 Å². The molecule has 7 nitrogen and oxygen atoms in total. The van der Waals surface area contributed by atoms with E-state index >= 15 is 0 Å². The monoisotopic (exact) mass is 606 g/mol. The predicted molar refractivity (Wildman–Crippen MR) is 140 cm³/mol. The molecule has 214 valence electrons. The number of nitrogens with one attached hydrogen (secondary N) is 1. The Morgan fingerprint density at radius 1 is 0.900 bits per heavy atom. The van der Waals surface area contributed by atoms with Gasteiger partial charge in [-0.2, -0.15) is 31.4 Å². The maximum atomic E-state index is 12.9. The Labute approximate surface area is 235 Å². The zero-order chi connectivity index (χ0) is 28.9. The van der Waals surface area contributed by atoms with Crippen molar-refractivity contribution < 1.29 is 31.1 Å². The number of hydrogen-bond acceptors (Lipinski definition) is 7. The Morgan fingerprint density at radius 3 is 2.17 bits per heavy atom. The standard InChI is InChI=1S/C25H22Cl2F6N6O/c26-20-11-17(24(28,29)30)14-34-22(20)37-36-13-16-2-1-3-19(10-16)40-9-8-38-4-6-39(7-5-38)23-21(27)12-18(15-35-23)25(31,32)33/h1-3,10-15H,4-9H2,(H,34,37)/b36-13+. The summed E-state index contributed by atoms with van der Waals surface area (Å²) in [5.74, 6) is 0.902. The van der Waals surface area contributed by atoms with Crippen LogP contribution in [0.25, 0.3) is 0 Å². The lowest BCUT2D eigenvalue weighted by atomic mass is 10.2. The molecule has 0 saturated carbocycles. The Morgan fingerprint density at radius 2 is 1.55 bits per heavy atom. The van der Waals surface area contributed by atoms with E-state index in [1.807, 2.05) is 4.90 Å². The highest BCUT2D eigenvalue weighted by molar-refractivity contribution is 6.33. The molecule has 0 atom stereocenters. The van der Waals surface area contributed by atoms with E-state index in [0.717, 1.165) is 18.3 Å². The molecule has 0 unspecified atom stereocenters. The molecule has 40 heavy (non-hydrogen) atoms. The number of ether oxygens (including phenoxy) is 1. The van der Waals surface area contributed by atoms with Gasteiger partial charge in [0, 0.05) is 45.1 Å². The van der Waals surface area contributed by atoms with Crippen LogP contribution in [0.5, 0.6) is 5.75 Å². The first-order chi connectivity index (χ1) is 18.9. The molecule has 3 aromatic rings. The van der Waals surface area contributed by atoms with E-state index in [2.05, 4.69) is 25.4 Å². The summed E-state index contributed by atoms with van der Waals surface area (Å²) in [5, 5.41) is 3.72. The number of pyridine rings is 2. The van der Waals surface area contributed by atoms with Crippen LogP contribution in [0.15, 0.2) is 53.9 Å². The Kier molecular flexibility index (Phi) is 9.26. The Hall–Kier alpha value is -3.29. The van der Waals surface area contributed by atoms with E-state index in [4.69, 9.17) is 27.9 Å². The molecule has 0 aliphatic carbocycles. The molecule has 1 saturated heterocycles. The minimum Gasteiger partial charge on any atom is -0.492 e. The summed E-state index contributed by atoms with van der Waals surface area (Å²) < 4.78 is 82.6. The molecule has 3 heterocycles.